The van der Waals surface area contributed by atoms with Crippen LogP contribution < -0.4 is 5.32 Å². The van der Waals surface area contributed by atoms with Gasteiger partial charge in [-0.2, -0.15) is 0 Å². The number of hydrogen-bond donors (Lipinski definition) is 2. The molecule has 0 aliphatic carbocycles. The van der Waals surface area contributed by atoms with Gasteiger partial charge in [-0.3, -0.25) is 0 Å². The summed E-state index contributed by atoms with van der Waals surface area (Å²) in [6.45, 7) is 10.1. The monoisotopic (exact) mass is 143 g/mol. The molecule has 2 N–H and O–H groups in total. The summed E-state index contributed by atoms with van der Waals surface area (Å²) in [5.74, 6) is 0. The molecule has 0 saturated heterocycles. The Morgan fingerprint density at radius 3 is 2.50 bits per heavy atom. The minimum Gasteiger partial charge on any atom is -0.392 e. The van der Waals surface area contributed by atoms with E-state index in [1.54, 1.807) is 6.92 Å². The van der Waals surface area contributed by atoms with Crippen molar-refractivity contribution in [2.45, 2.75) is 32.4 Å². The van der Waals surface area contributed by atoms with Gasteiger partial charge in [0.05, 0.1) is 6.10 Å². The van der Waals surface area contributed by atoms with Crippen molar-refractivity contribution in [3.05, 3.63) is 12.7 Å². The van der Waals surface area contributed by atoms with Crippen LogP contribution >= 0.6 is 0 Å². The summed E-state index contributed by atoms with van der Waals surface area (Å²) in [5, 5.41) is 12.1. The van der Waals surface area contributed by atoms with Gasteiger partial charge in [0, 0.05) is 12.1 Å². The van der Waals surface area contributed by atoms with Crippen LogP contribution in [-0.2, 0) is 0 Å². The van der Waals surface area contributed by atoms with Crippen molar-refractivity contribution in [3.63, 3.8) is 0 Å². The molecule has 0 radical (unpaired) electrons. The van der Waals surface area contributed by atoms with Crippen molar-refractivity contribution in [2.24, 2.45) is 0 Å². The van der Waals surface area contributed by atoms with E-state index >= 15 is 0 Å². The molecule has 0 aliphatic heterocycles. The van der Waals surface area contributed by atoms with Gasteiger partial charge in [0.1, 0.15) is 0 Å². The van der Waals surface area contributed by atoms with Crippen LogP contribution in [0.4, 0.5) is 0 Å². The normalized spacial score (nSPS) is 14.8. The molecule has 0 fully saturated rings. The first-order valence-corrected chi connectivity index (χ1v) is 3.54. The number of hydrogen-bond acceptors (Lipinski definition) is 2. The molecular weight excluding hydrogens is 126 g/mol. The van der Waals surface area contributed by atoms with Crippen molar-refractivity contribution in [2.75, 3.05) is 6.54 Å². The number of aliphatic hydroxyl groups excluding tert-OH is 1. The Kier molecular flexibility index (Phi) is 3.61. The number of β-amino-alcohol motifs (C(OH)–C–C–N with tert-alkyl or cyclic N) is 1. The van der Waals surface area contributed by atoms with Crippen molar-refractivity contribution in [1.82, 2.24) is 5.32 Å². The smallest absolute Gasteiger partial charge is 0.0636 e. The summed E-state index contributed by atoms with van der Waals surface area (Å²) in [6, 6.07) is 0. The quantitative estimate of drug-likeness (QED) is 0.574. The second-order valence-electron chi connectivity index (χ2n) is 3.16. The van der Waals surface area contributed by atoms with E-state index < -0.39 is 0 Å². The van der Waals surface area contributed by atoms with Crippen LogP contribution in [0.1, 0.15) is 20.8 Å². The Morgan fingerprint density at radius 1 is 1.70 bits per heavy atom. The number of aliphatic hydroxyl groups is 1. The molecule has 0 rings (SSSR count). The van der Waals surface area contributed by atoms with Crippen LogP contribution in [0.3, 0.4) is 0 Å². The fourth-order valence-electron chi connectivity index (χ4n) is 0.483. The van der Waals surface area contributed by atoms with E-state index in [1.165, 1.54) is 0 Å². The van der Waals surface area contributed by atoms with Gasteiger partial charge >= 0.3 is 0 Å². The highest BCUT2D eigenvalue weighted by Gasteiger charge is 2.11. The van der Waals surface area contributed by atoms with Gasteiger partial charge in [0.2, 0.25) is 0 Å². The van der Waals surface area contributed by atoms with E-state index in [1.807, 2.05) is 19.9 Å². The molecule has 0 aromatic rings. The van der Waals surface area contributed by atoms with E-state index in [0.717, 1.165) is 0 Å². The van der Waals surface area contributed by atoms with Crippen molar-refractivity contribution >= 4 is 0 Å². The Labute approximate surface area is 62.9 Å². The highest BCUT2D eigenvalue weighted by atomic mass is 16.3. The SMILES string of the molecule is C=CC(C)(C)NCC(C)O. The molecule has 1 unspecified atom stereocenters. The highest BCUT2D eigenvalue weighted by molar-refractivity contribution is 4.95. The van der Waals surface area contributed by atoms with Crippen molar-refractivity contribution in [1.29, 1.82) is 0 Å². The van der Waals surface area contributed by atoms with Crippen LogP contribution in [0.25, 0.3) is 0 Å². The summed E-state index contributed by atoms with van der Waals surface area (Å²) in [7, 11) is 0. The van der Waals surface area contributed by atoms with Gasteiger partial charge in [-0.25, -0.2) is 0 Å². The zero-order chi connectivity index (χ0) is 8.20. The first-order valence-electron chi connectivity index (χ1n) is 3.54. The van der Waals surface area contributed by atoms with Crippen LogP contribution in [0.2, 0.25) is 0 Å². The molecule has 0 aromatic carbocycles. The first kappa shape index (κ1) is 9.66. The second kappa shape index (κ2) is 3.74. The van der Waals surface area contributed by atoms with E-state index in [2.05, 4.69) is 11.9 Å². The van der Waals surface area contributed by atoms with E-state index in [9.17, 15) is 0 Å². The molecule has 0 saturated carbocycles. The summed E-state index contributed by atoms with van der Waals surface area (Å²) in [5.41, 5.74) is -0.0724. The molecule has 2 nitrogen and oxygen atoms in total. The summed E-state index contributed by atoms with van der Waals surface area (Å²) >= 11 is 0. The first-order chi connectivity index (χ1) is 4.48. The minimum absolute atomic E-state index is 0.0724. The lowest BCUT2D eigenvalue weighted by atomic mass is 10.1. The van der Waals surface area contributed by atoms with Crippen LogP contribution in [0.5, 0.6) is 0 Å². The lowest BCUT2D eigenvalue weighted by Crippen LogP contribution is -2.40. The second-order valence-corrected chi connectivity index (χ2v) is 3.16. The summed E-state index contributed by atoms with van der Waals surface area (Å²) in [6.07, 6.45) is 1.54. The fraction of sp³-hybridized carbons (Fsp3) is 0.750. The van der Waals surface area contributed by atoms with Gasteiger partial charge in [0.15, 0.2) is 0 Å². The third-order valence-corrected chi connectivity index (χ3v) is 1.36. The van der Waals surface area contributed by atoms with Gasteiger partial charge in [0.25, 0.3) is 0 Å². The maximum absolute atomic E-state index is 8.91. The molecule has 0 bridgehead atoms. The van der Waals surface area contributed by atoms with E-state index in [-0.39, 0.29) is 11.6 Å². The van der Waals surface area contributed by atoms with E-state index in [0.29, 0.717) is 6.54 Å². The molecule has 60 valence electrons. The largest absolute Gasteiger partial charge is 0.392 e. The summed E-state index contributed by atoms with van der Waals surface area (Å²) < 4.78 is 0. The predicted molar refractivity (Wildman–Crippen MR) is 44.0 cm³/mol. The van der Waals surface area contributed by atoms with E-state index in [4.69, 9.17) is 5.11 Å². The van der Waals surface area contributed by atoms with Gasteiger partial charge in [-0.15, -0.1) is 6.58 Å². The average Bonchev–Trinajstić information content (AvgIpc) is 1.85. The Bertz CT molecular complexity index is 108. The molecule has 10 heavy (non-hydrogen) atoms. The maximum atomic E-state index is 8.91. The molecule has 0 aliphatic rings. The lowest BCUT2D eigenvalue weighted by molar-refractivity contribution is 0.182. The topological polar surface area (TPSA) is 32.3 Å². The number of rotatable bonds is 4. The minimum atomic E-state index is -0.292. The van der Waals surface area contributed by atoms with Crippen molar-refractivity contribution < 1.29 is 5.11 Å². The Hall–Kier alpha value is -0.340. The van der Waals surface area contributed by atoms with Gasteiger partial charge in [-0.05, 0) is 20.8 Å². The standard InChI is InChI=1S/C8H17NO/c1-5-8(3,4)9-6-7(2)10/h5,7,9-10H,1,6H2,2-4H3. The molecule has 0 aromatic heterocycles. The average molecular weight is 143 g/mol. The van der Waals surface area contributed by atoms with Gasteiger partial charge in [-0.1, -0.05) is 6.08 Å². The molecule has 0 spiro atoms. The lowest BCUT2D eigenvalue weighted by Gasteiger charge is -2.22. The molecular formula is C8H17NO. The zero-order valence-electron chi connectivity index (χ0n) is 7.02. The fourth-order valence-corrected chi connectivity index (χ4v) is 0.483. The number of nitrogens with one attached hydrogen (secondary N) is 1. The van der Waals surface area contributed by atoms with Crippen LogP contribution in [-0.4, -0.2) is 23.3 Å². The van der Waals surface area contributed by atoms with Gasteiger partial charge < -0.3 is 10.4 Å². The van der Waals surface area contributed by atoms with Crippen LogP contribution in [0.15, 0.2) is 12.7 Å². The summed E-state index contributed by atoms with van der Waals surface area (Å²) in [4.78, 5) is 0. The third-order valence-electron chi connectivity index (χ3n) is 1.36. The van der Waals surface area contributed by atoms with Crippen LogP contribution in [0, 0.1) is 0 Å². The molecule has 0 amide bonds. The molecule has 1 atom stereocenters. The predicted octanol–water partition coefficient (Wildman–Crippen LogP) is 0.921. The highest BCUT2D eigenvalue weighted by Crippen LogP contribution is 2.01. The maximum Gasteiger partial charge on any atom is 0.0636 e. The Morgan fingerprint density at radius 2 is 2.20 bits per heavy atom. The van der Waals surface area contributed by atoms with Crippen molar-refractivity contribution in [3.8, 4) is 0 Å². The third kappa shape index (κ3) is 4.53. The molecule has 2 heteroatoms. The zero-order valence-corrected chi connectivity index (χ0v) is 7.02. The molecule has 0 heterocycles. The Balaban J connectivity index is 3.56.